The third kappa shape index (κ3) is 6.10. The van der Waals surface area contributed by atoms with Crippen molar-refractivity contribution in [3.8, 4) is 5.75 Å². The van der Waals surface area contributed by atoms with Crippen LogP contribution in [0.5, 0.6) is 5.75 Å². The first-order valence-corrected chi connectivity index (χ1v) is 7.83. The van der Waals surface area contributed by atoms with Crippen LogP contribution in [0.4, 0.5) is 0 Å². The molecule has 0 unspecified atom stereocenters. The summed E-state index contributed by atoms with van der Waals surface area (Å²) < 4.78 is 42.1. The maximum absolute atomic E-state index is 11.6. The van der Waals surface area contributed by atoms with Gasteiger partial charge in [-0.2, -0.15) is 5.10 Å². The Hall–Kier alpha value is -1.65. The molecule has 0 bridgehead atoms. The average molecular weight is 360 g/mol. The van der Waals surface area contributed by atoms with Gasteiger partial charge in [0.05, 0.1) is 6.21 Å². The quantitative estimate of drug-likeness (QED) is 0.276. The number of aryl methyl sites for hydroxylation is 1. The zero-order valence-corrected chi connectivity index (χ0v) is 15.9. The molecule has 2 aromatic rings. The molecule has 1 amide bonds. The molecule has 0 saturated heterocycles. The van der Waals surface area contributed by atoms with Gasteiger partial charge in [0.2, 0.25) is 5.09 Å². The Morgan fingerprint density at radius 1 is 1.33 bits per heavy atom. The number of rotatable bonds is 6. The van der Waals surface area contributed by atoms with Gasteiger partial charge >= 0.3 is 29.6 Å². The van der Waals surface area contributed by atoms with Crippen LogP contribution in [-0.4, -0.2) is 31.7 Å². The molecule has 1 aromatic heterocycles. The van der Waals surface area contributed by atoms with Crippen molar-refractivity contribution in [2.24, 2.45) is 5.10 Å². The fourth-order valence-electron chi connectivity index (χ4n) is 1.60. The van der Waals surface area contributed by atoms with Crippen LogP contribution in [0.15, 0.2) is 51.0 Å². The van der Waals surface area contributed by atoms with Crippen molar-refractivity contribution in [2.75, 3.05) is 6.61 Å². The van der Waals surface area contributed by atoms with Crippen LogP contribution in [-0.2, 0) is 14.9 Å². The standard InChI is InChI=1S/C14H14N2O6S.Na/c1-10-4-2-3-5-12(10)21-9-13(17)16-15-8-11-6-7-14(22-11)23(18,19)20;/h2-8H,9H2,1H3,(H,16,17)(H,18,19,20);/q;+1/p-1/b15-8+;. The van der Waals surface area contributed by atoms with Gasteiger partial charge in [-0.05, 0) is 30.7 Å². The molecule has 1 aromatic carbocycles. The van der Waals surface area contributed by atoms with E-state index in [4.69, 9.17) is 9.15 Å². The van der Waals surface area contributed by atoms with Crippen molar-refractivity contribution >= 4 is 22.2 Å². The smallest absolute Gasteiger partial charge is 0.742 e. The predicted octanol–water partition coefficient (Wildman–Crippen LogP) is -1.97. The number of benzene rings is 1. The average Bonchev–Trinajstić information content (AvgIpc) is 2.95. The largest absolute Gasteiger partial charge is 1.00 e. The van der Waals surface area contributed by atoms with Crippen LogP contribution in [0.2, 0.25) is 0 Å². The normalized spacial score (nSPS) is 11.1. The summed E-state index contributed by atoms with van der Waals surface area (Å²) in [7, 11) is -4.65. The van der Waals surface area contributed by atoms with Crippen LogP contribution < -0.4 is 39.7 Å². The molecule has 0 aliphatic rings. The third-order valence-electron chi connectivity index (χ3n) is 2.68. The van der Waals surface area contributed by atoms with Crippen molar-refractivity contribution in [3.63, 3.8) is 0 Å². The SMILES string of the molecule is Cc1ccccc1OCC(=O)N/N=C/c1ccc(S(=O)(=O)[O-])o1.[Na+]. The first-order chi connectivity index (χ1) is 10.9. The van der Waals surface area contributed by atoms with Gasteiger partial charge in [0.1, 0.15) is 11.5 Å². The van der Waals surface area contributed by atoms with Gasteiger partial charge in [-0.1, -0.05) is 18.2 Å². The number of amides is 1. The second-order valence-corrected chi connectivity index (χ2v) is 5.77. The first kappa shape index (κ1) is 20.4. The number of furan rings is 1. The summed E-state index contributed by atoms with van der Waals surface area (Å²) in [6.07, 6.45) is 1.07. The molecular weight excluding hydrogens is 347 g/mol. The summed E-state index contributed by atoms with van der Waals surface area (Å²) in [6, 6.07) is 9.48. The minimum Gasteiger partial charge on any atom is -0.742 e. The van der Waals surface area contributed by atoms with Crippen LogP contribution in [0.1, 0.15) is 11.3 Å². The van der Waals surface area contributed by atoms with Gasteiger partial charge in [0, 0.05) is 0 Å². The number of carbonyl (C=O) groups is 1. The Balaban J connectivity index is 0.00000288. The number of nitrogens with zero attached hydrogens (tertiary/aromatic N) is 1. The van der Waals surface area contributed by atoms with Crippen LogP contribution >= 0.6 is 0 Å². The van der Waals surface area contributed by atoms with Crippen molar-refractivity contribution in [3.05, 3.63) is 47.7 Å². The molecule has 122 valence electrons. The number of nitrogens with one attached hydrogen (secondary N) is 1. The van der Waals surface area contributed by atoms with E-state index in [2.05, 4.69) is 10.5 Å². The molecule has 0 radical (unpaired) electrons. The van der Waals surface area contributed by atoms with E-state index in [1.54, 1.807) is 12.1 Å². The van der Waals surface area contributed by atoms with Gasteiger partial charge in [-0.3, -0.25) is 4.79 Å². The van der Waals surface area contributed by atoms with Gasteiger partial charge in [-0.25, -0.2) is 13.8 Å². The molecule has 0 saturated carbocycles. The zero-order valence-electron chi connectivity index (χ0n) is 13.1. The van der Waals surface area contributed by atoms with Crippen LogP contribution in [0, 0.1) is 6.92 Å². The fourth-order valence-corrected chi connectivity index (χ4v) is 2.03. The summed E-state index contributed by atoms with van der Waals surface area (Å²) >= 11 is 0. The van der Waals surface area contributed by atoms with E-state index in [1.165, 1.54) is 6.07 Å². The van der Waals surface area contributed by atoms with Crippen molar-refractivity contribution in [1.29, 1.82) is 0 Å². The predicted molar refractivity (Wildman–Crippen MR) is 79.1 cm³/mol. The van der Waals surface area contributed by atoms with E-state index in [0.29, 0.717) is 5.75 Å². The molecule has 1 heterocycles. The van der Waals surface area contributed by atoms with E-state index < -0.39 is 21.1 Å². The summed E-state index contributed by atoms with van der Waals surface area (Å²) in [4.78, 5) is 11.6. The Kier molecular flexibility index (Phi) is 7.64. The van der Waals surface area contributed by atoms with E-state index in [1.807, 2.05) is 19.1 Å². The molecule has 0 aliphatic carbocycles. The monoisotopic (exact) mass is 360 g/mol. The summed E-state index contributed by atoms with van der Waals surface area (Å²) in [5.41, 5.74) is 3.08. The number of hydrogen-bond donors (Lipinski definition) is 1. The zero-order chi connectivity index (χ0) is 16.9. The van der Waals surface area contributed by atoms with E-state index in [0.717, 1.165) is 17.8 Å². The van der Waals surface area contributed by atoms with E-state index in [-0.39, 0.29) is 41.9 Å². The van der Waals surface area contributed by atoms with Crippen molar-refractivity contribution in [2.45, 2.75) is 12.0 Å². The van der Waals surface area contributed by atoms with Gasteiger partial charge in [0.25, 0.3) is 5.91 Å². The number of ether oxygens (including phenoxy) is 1. The summed E-state index contributed by atoms with van der Waals surface area (Å²) in [5.74, 6) is 0.0928. The summed E-state index contributed by atoms with van der Waals surface area (Å²) in [5, 5.41) is 2.86. The minimum absolute atomic E-state index is 0. The van der Waals surface area contributed by atoms with Gasteiger partial charge in [0.15, 0.2) is 16.7 Å². The first-order valence-electron chi connectivity index (χ1n) is 6.42. The Labute approximate surface area is 160 Å². The maximum atomic E-state index is 11.6. The molecule has 0 atom stereocenters. The molecule has 24 heavy (non-hydrogen) atoms. The minimum atomic E-state index is -4.65. The van der Waals surface area contributed by atoms with Crippen LogP contribution in [0.3, 0.4) is 0 Å². The molecule has 0 aliphatic heterocycles. The topological polar surface area (TPSA) is 121 Å². The number of para-hydroxylation sites is 1. The number of hydrazone groups is 1. The molecule has 10 heteroatoms. The van der Waals surface area contributed by atoms with E-state index >= 15 is 0 Å². The molecule has 2 rings (SSSR count). The maximum Gasteiger partial charge on any atom is 1.00 e. The van der Waals surface area contributed by atoms with Gasteiger partial charge < -0.3 is 13.7 Å². The molecule has 1 N–H and O–H groups in total. The molecule has 0 spiro atoms. The van der Waals surface area contributed by atoms with Gasteiger partial charge in [-0.15, -0.1) is 0 Å². The van der Waals surface area contributed by atoms with Crippen molar-refractivity contribution in [1.82, 2.24) is 5.43 Å². The Morgan fingerprint density at radius 2 is 2.04 bits per heavy atom. The van der Waals surface area contributed by atoms with Crippen LogP contribution in [0.25, 0.3) is 0 Å². The van der Waals surface area contributed by atoms with Crippen molar-refractivity contribution < 1.29 is 56.5 Å². The third-order valence-corrected chi connectivity index (χ3v) is 3.39. The summed E-state index contributed by atoms with van der Waals surface area (Å²) in [6.45, 7) is 1.62. The molecule has 0 fully saturated rings. The Morgan fingerprint density at radius 3 is 2.67 bits per heavy atom. The molecular formula is C14H13N2NaO6S. The number of hydrogen-bond acceptors (Lipinski definition) is 7. The number of carbonyl (C=O) groups excluding carboxylic acids is 1. The Bertz CT molecular complexity index is 831. The molecule has 8 nitrogen and oxygen atoms in total. The second-order valence-electron chi connectivity index (χ2n) is 4.46. The second kappa shape index (κ2) is 9.00. The van der Waals surface area contributed by atoms with E-state index in [9.17, 15) is 17.8 Å². The fraction of sp³-hybridized carbons (Fsp3) is 0.143.